The van der Waals surface area contributed by atoms with Gasteiger partial charge in [0.05, 0.1) is 15.8 Å². The lowest BCUT2D eigenvalue weighted by molar-refractivity contribution is -0.139. The minimum atomic E-state index is -0.614. The summed E-state index contributed by atoms with van der Waals surface area (Å²) in [5, 5.41) is 3.93. The van der Waals surface area contributed by atoms with Crippen LogP contribution in [0, 0.1) is 6.92 Å². The first kappa shape index (κ1) is 27.1. The molecule has 0 aliphatic rings. The molecule has 0 bridgehead atoms. The lowest BCUT2D eigenvalue weighted by Crippen LogP contribution is -2.51. The van der Waals surface area contributed by atoms with Crippen LogP contribution in [-0.4, -0.2) is 35.1 Å². The zero-order valence-electron chi connectivity index (χ0n) is 20.0. The molecule has 7 heteroatoms. The van der Waals surface area contributed by atoms with Gasteiger partial charge in [-0.3, -0.25) is 9.59 Å². The standard InChI is InChI=1S/C28H30Cl2N2O2S/c1-3-31-28(34)26(16-21-7-5-4-6-8-21)32(17-22-11-9-20(2)10-12-22)27(33)19-35-18-23-13-14-24(29)25(30)15-23/h4-15,26H,3,16-19H2,1-2H3,(H,31,34)/t26-/m0/s1. The van der Waals surface area contributed by atoms with Crippen LogP contribution >= 0.6 is 35.0 Å². The number of benzene rings is 3. The lowest BCUT2D eigenvalue weighted by Gasteiger charge is -2.31. The van der Waals surface area contributed by atoms with E-state index in [1.807, 2.05) is 80.6 Å². The number of likely N-dealkylation sites (N-methyl/N-ethyl adjacent to an activating group) is 1. The van der Waals surface area contributed by atoms with E-state index in [1.54, 1.807) is 11.0 Å². The van der Waals surface area contributed by atoms with E-state index in [-0.39, 0.29) is 17.6 Å². The van der Waals surface area contributed by atoms with Crippen molar-refractivity contribution in [2.75, 3.05) is 12.3 Å². The van der Waals surface area contributed by atoms with Crippen molar-refractivity contribution in [3.8, 4) is 0 Å². The van der Waals surface area contributed by atoms with Crippen molar-refractivity contribution in [2.24, 2.45) is 0 Å². The molecule has 2 amide bonds. The van der Waals surface area contributed by atoms with Crippen molar-refractivity contribution in [3.63, 3.8) is 0 Å². The van der Waals surface area contributed by atoms with Gasteiger partial charge in [-0.25, -0.2) is 0 Å². The molecular formula is C28H30Cl2N2O2S. The van der Waals surface area contributed by atoms with E-state index in [1.165, 1.54) is 11.8 Å². The van der Waals surface area contributed by atoms with E-state index in [0.29, 0.717) is 35.3 Å². The van der Waals surface area contributed by atoms with Crippen molar-refractivity contribution in [3.05, 3.63) is 105 Å². The Balaban J connectivity index is 1.81. The first-order valence-electron chi connectivity index (χ1n) is 11.6. The SMILES string of the molecule is CCNC(=O)[C@H](Cc1ccccc1)N(Cc1ccc(C)cc1)C(=O)CSCc1ccc(Cl)c(Cl)c1. The summed E-state index contributed by atoms with van der Waals surface area (Å²) in [6, 6.07) is 22.7. The van der Waals surface area contributed by atoms with E-state index < -0.39 is 6.04 Å². The molecule has 0 heterocycles. The number of nitrogens with one attached hydrogen (secondary N) is 1. The van der Waals surface area contributed by atoms with Gasteiger partial charge in [0.2, 0.25) is 11.8 Å². The van der Waals surface area contributed by atoms with Crippen molar-refractivity contribution in [1.29, 1.82) is 0 Å². The average molecular weight is 530 g/mol. The van der Waals surface area contributed by atoms with E-state index in [9.17, 15) is 9.59 Å². The molecule has 0 fully saturated rings. The van der Waals surface area contributed by atoms with Crippen molar-refractivity contribution in [2.45, 2.75) is 38.6 Å². The molecular weight excluding hydrogens is 499 g/mol. The van der Waals surface area contributed by atoms with Gasteiger partial charge in [-0.05, 0) is 42.7 Å². The number of halogens is 2. The van der Waals surface area contributed by atoms with Gasteiger partial charge in [0.1, 0.15) is 6.04 Å². The minimum Gasteiger partial charge on any atom is -0.355 e. The summed E-state index contributed by atoms with van der Waals surface area (Å²) < 4.78 is 0. The van der Waals surface area contributed by atoms with Gasteiger partial charge in [-0.15, -0.1) is 11.8 Å². The van der Waals surface area contributed by atoms with Crippen molar-refractivity contribution in [1.82, 2.24) is 10.2 Å². The molecule has 4 nitrogen and oxygen atoms in total. The van der Waals surface area contributed by atoms with E-state index in [2.05, 4.69) is 5.32 Å². The topological polar surface area (TPSA) is 49.4 Å². The molecule has 1 N–H and O–H groups in total. The van der Waals surface area contributed by atoms with Crippen LogP contribution in [0.4, 0.5) is 0 Å². The predicted octanol–water partition coefficient (Wildman–Crippen LogP) is 6.31. The molecule has 184 valence electrons. The quantitative estimate of drug-likeness (QED) is 0.317. The van der Waals surface area contributed by atoms with Gasteiger partial charge in [0.25, 0.3) is 0 Å². The van der Waals surface area contributed by atoms with Gasteiger partial charge in [0.15, 0.2) is 0 Å². The third kappa shape index (κ3) is 8.31. The summed E-state index contributed by atoms with van der Waals surface area (Å²) in [5.41, 5.74) is 4.13. The molecule has 0 unspecified atom stereocenters. The van der Waals surface area contributed by atoms with Crippen LogP contribution in [0.5, 0.6) is 0 Å². The Morgan fingerprint density at radius 3 is 2.26 bits per heavy atom. The van der Waals surface area contributed by atoms with Crippen LogP contribution in [0.2, 0.25) is 10.0 Å². The van der Waals surface area contributed by atoms with Crippen molar-refractivity contribution < 1.29 is 9.59 Å². The summed E-state index contributed by atoms with van der Waals surface area (Å²) in [5.74, 6) is 0.636. The minimum absolute atomic E-state index is 0.0807. The molecule has 3 aromatic rings. The molecule has 0 aliphatic carbocycles. The Bertz CT molecular complexity index is 1120. The molecule has 1 atom stereocenters. The van der Waals surface area contributed by atoms with E-state index >= 15 is 0 Å². The fourth-order valence-corrected chi connectivity index (χ4v) is 4.88. The predicted molar refractivity (Wildman–Crippen MR) is 147 cm³/mol. The zero-order chi connectivity index (χ0) is 25.2. The van der Waals surface area contributed by atoms with Crippen LogP contribution in [-0.2, 0) is 28.3 Å². The second-order valence-electron chi connectivity index (χ2n) is 8.35. The number of carbonyl (C=O) groups excluding carboxylic acids is 2. The van der Waals surface area contributed by atoms with Crippen LogP contribution in [0.25, 0.3) is 0 Å². The highest BCUT2D eigenvalue weighted by Gasteiger charge is 2.30. The zero-order valence-corrected chi connectivity index (χ0v) is 22.3. The van der Waals surface area contributed by atoms with E-state index in [0.717, 1.165) is 22.3 Å². The Morgan fingerprint density at radius 2 is 1.60 bits per heavy atom. The Morgan fingerprint density at radius 1 is 0.914 bits per heavy atom. The first-order chi connectivity index (χ1) is 16.9. The number of nitrogens with zero attached hydrogens (tertiary/aromatic N) is 1. The molecule has 35 heavy (non-hydrogen) atoms. The maximum Gasteiger partial charge on any atom is 0.243 e. The van der Waals surface area contributed by atoms with Crippen molar-refractivity contribution >= 4 is 46.8 Å². The number of aryl methyl sites for hydroxylation is 1. The lowest BCUT2D eigenvalue weighted by atomic mass is 10.0. The highest BCUT2D eigenvalue weighted by atomic mass is 35.5. The van der Waals surface area contributed by atoms with Gasteiger partial charge < -0.3 is 10.2 Å². The number of amides is 2. The molecule has 0 saturated carbocycles. The first-order valence-corrected chi connectivity index (χ1v) is 13.5. The van der Waals surface area contributed by atoms with Crippen LogP contribution in [0.15, 0.2) is 72.8 Å². The molecule has 3 rings (SSSR count). The Kier molecular flexibility index (Phi) is 10.5. The Hall–Kier alpha value is -2.47. The third-order valence-electron chi connectivity index (χ3n) is 5.57. The van der Waals surface area contributed by atoms with Gasteiger partial charge in [-0.2, -0.15) is 0 Å². The van der Waals surface area contributed by atoms with E-state index in [4.69, 9.17) is 23.2 Å². The summed E-state index contributed by atoms with van der Waals surface area (Å²) >= 11 is 13.6. The Labute approximate surface area is 222 Å². The maximum atomic E-state index is 13.5. The van der Waals surface area contributed by atoms with Crippen LogP contribution < -0.4 is 5.32 Å². The molecule has 0 spiro atoms. The fraction of sp³-hybridized carbons (Fsp3) is 0.286. The number of rotatable bonds is 11. The second kappa shape index (κ2) is 13.6. The number of hydrogen-bond donors (Lipinski definition) is 1. The smallest absolute Gasteiger partial charge is 0.243 e. The summed E-state index contributed by atoms with van der Waals surface area (Å²) in [4.78, 5) is 28.4. The third-order valence-corrected chi connectivity index (χ3v) is 7.30. The highest BCUT2D eigenvalue weighted by Crippen LogP contribution is 2.25. The van der Waals surface area contributed by atoms with Gasteiger partial charge in [0, 0.05) is 25.3 Å². The number of carbonyl (C=O) groups is 2. The second-order valence-corrected chi connectivity index (χ2v) is 10.1. The molecule has 0 aromatic heterocycles. The molecule has 0 saturated heterocycles. The fourth-order valence-electron chi connectivity index (χ4n) is 3.70. The average Bonchev–Trinajstić information content (AvgIpc) is 2.85. The molecule has 0 aliphatic heterocycles. The highest BCUT2D eigenvalue weighted by molar-refractivity contribution is 7.99. The monoisotopic (exact) mass is 528 g/mol. The summed E-state index contributed by atoms with van der Waals surface area (Å²) in [6.07, 6.45) is 0.446. The number of thioether (sulfide) groups is 1. The largest absolute Gasteiger partial charge is 0.355 e. The van der Waals surface area contributed by atoms with Crippen LogP contribution in [0.3, 0.4) is 0 Å². The molecule has 0 radical (unpaired) electrons. The molecule has 3 aromatic carbocycles. The summed E-state index contributed by atoms with van der Waals surface area (Å²) in [7, 11) is 0. The maximum absolute atomic E-state index is 13.5. The van der Waals surface area contributed by atoms with Gasteiger partial charge in [-0.1, -0.05) is 89.4 Å². The number of hydrogen-bond acceptors (Lipinski definition) is 3. The summed E-state index contributed by atoms with van der Waals surface area (Å²) in [6.45, 7) is 4.78. The van der Waals surface area contributed by atoms with Gasteiger partial charge >= 0.3 is 0 Å². The van der Waals surface area contributed by atoms with Crippen LogP contribution in [0.1, 0.15) is 29.2 Å². The normalized spacial score (nSPS) is 11.7.